The van der Waals surface area contributed by atoms with E-state index in [9.17, 15) is 4.79 Å². The first-order chi connectivity index (χ1) is 14.3. The molecular weight excluding hydrogens is 386 g/mol. The topological polar surface area (TPSA) is 76.0 Å². The molecule has 1 unspecified atom stereocenters. The molecule has 3 aromatic heterocycles. The summed E-state index contributed by atoms with van der Waals surface area (Å²) in [5, 5.41) is 6.94. The fraction of sp³-hybridized carbons (Fsp3) is 0.286. The molecule has 29 heavy (non-hydrogen) atoms. The first-order valence-electron chi connectivity index (χ1n) is 9.70. The van der Waals surface area contributed by atoms with Gasteiger partial charge in [0.25, 0.3) is 5.56 Å². The summed E-state index contributed by atoms with van der Waals surface area (Å²) >= 11 is 1.69. The SMILES string of the molecule is O=c1[nH]c(N(Cc2cccs2)CC2CCCO2)nc2c1cnn2-c1ccccc1. The van der Waals surface area contributed by atoms with Crippen molar-refractivity contribution >= 4 is 28.3 Å². The molecule has 4 heterocycles. The lowest BCUT2D eigenvalue weighted by molar-refractivity contribution is 0.115. The molecule has 1 aliphatic rings. The Hall–Kier alpha value is -2.97. The maximum absolute atomic E-state index is 12.8. The van der Waals surface area contributed by atoms with Gasteiger partial charge in [0.05, 0.1) is 24.5 Å². The quantitative estimate of drug-likeness (QED) is 0.530. The van der Waals surface area contributed by atoms with Gasteiger partial charge in [-0.15, -0.1) is 11.3 Å². The molecule has 1 fully saturated rings. The van der Waals surface area contributed by atoms with Crippen LogP contribution in [0.1, 0.15) is 17.7 Å². The molecule has 1 atom stereocenters. The van der Waals surface area contributed by atoms with E-state index in [0.29, 0.717) is 30.1 Å². The van der Waals surface area contributed by atoms with E-state index in [1.54, 1.807) is 22.2 Å². The van der Waals surface area contributed by atoms with E-state index < -0.39 is 0 Å². The number of hydrogen-bond acceptors (Lipinski definition) is 6. The number of H-pyrrole nitrogens is 1. The van der Waals surface area contributed by atoms with Crippen LogP contribution in [0.15, 0.2) is 58.8 Å². The van der Waals surface area contributed by atoms with Crippen LogP contribution in [0.3, 0.4) is 0 Å². The summed E-state index contributed by atoms with van der Waals surface area (Å²) in [6, 6.07) is 13.9. The molecule has 1 N–H and O–H groups in total. The minimum absolute atomic E-state index is 0.148. The highest BCUT2D eigenvalue weighted by Crippen LogP contribution is 2.22. The van der Waals surface area contributed by atoms with E-state index in [-0.39, 0.29) is 11.7 Å². The number of nitrogens with one attached hydrogen (secondary N) is 1. The van der Waals surface area contributed by atoms with Gasteiger partial charge in [-0.2, -0.15) is 10.1 Å². The normalized spacial score (nSPS) is 16.5. The Labute approximate surface area is 171 Å². The van der Waals surface area contributed by atoms with Crippen molar-refractivity contribution in [3.63, 3.8) is 0 Å². The standard InChI is InChI=1S/C21H21N5O2S/c27-20-18-12-22-26(15-6-2-1-3-7-15)19(18)23-21(24-20)25(13-16-8-4-10-28-16)14-17-9-5-11-29-17/h1-3,5-7,9,11-12,16H,4,8,10,13-14H2,(H,23,24,27). The van der Waals surface area contributed by atoms with E-state index in [0.717, 1.165) is 25.1 Å². The minimum Gasteiger partial charge on any atom is -0.376 e. The Morgan fingerprint density at radius 3 is 2.90 bits per heavy atom. The van der Waals surface area contributed by atoms with Gasteiger partial charge in [0, 0.05) is 18.0 Å². The Kier molecular flexibility index (Phi) is 4.87. The van der Waals surface area contributed by atoms with Crippen LogP contribution < -0.4 is 10.5 Å². The molecule has 1 aliphatic heterocycles. The predicted octanol–water partition coefficient (Wildman–Crippen LogP) is 3.36. The van der Waals surface area contributed by atoms with Gasteiger partial charge in [-0.25, -0.2) is 4.68 Å². The number of aromatic amines is 1. The maximum Gasteiger partial charge on any atom is 0.263 e. The van der Waals surface area contributed by atoms with Crippen molar-refractivity contribution in [2.75, 3.05) is 18.1 Å². The number of para-hydroxylation sites is 1. The molecule has 8 heteroatoms. The second-order valence-corrected chi connectivity index (χ2v) is 8.15. The zero-order valence-corrected chi connectivity index (χ0v) is 16.6. The molecule has 0 bridgehead atoms. The minimum atomic E-state index is -0.185. The van der Waals surface area contributed by atoms with E-state index >= 15 is 0 Å². The Bertz CT molecular complexity index is 1150. The fourth-order valence-corrected chi connectivity index (χ4v) is 4.38. The Morgan fingerprint density at radius 1 is 1.24 bits per heavy atom. The molecule has 0 amide bonds. The summed E-state index contributed by atoms with van der Waals surface area (Å²) in [6.07, 6.45) is 3.81. The van der Waals surface area contributed by atoms with Gasteiger partial charge in [-0.05, 0) is 36.4 Å². The molecule has 7 nitrogen and oxygen atoms in total. The van der Waals surface area contributed by atoms with Gasteiger partial charge in [0.1, 0.15) is 5.39 Å². The third-order valence-electron chi connectivity index (χ3n) is 5.10. The second-order valence-electron chi connectivity index (χ2n) is 7.11. The van der Waals surface area contributed by atoms with Gasteiger partial charge in [0.2, 0.25) is 5.95 Å². The number of ether oxygens (including phenoxy) is 1. The number of thiophene rings is 1. The van der Waals surface area contributed by atoms with E-state index in [1.807, 2.05) is 36.4 Å². The number of aromatic nitrogens is 4. The van der Waals surface area contributed by atoms with Crippen molar-refractivity contribution in [3.05, 3.63) is 69.3 Å². The van der Waals surface area contributed by atoms with Crippen molar-refractivity contribution in [1.82, 2.24) is 19.7 Å². The zero-order valence-electron chi connectivity index (χ0n) is 15.8. The van der Waals surface area contributed by atoms with Crippen LogP contribution >= 0.6 is 11.3 Å². The lowest BCUT2D eigenvalue weighted by Crippen LogP contribution is -2.34. The largest absolute Gasteiger partial charge is 0.376 e. The van der Waals surface area contributed by atoms with Crippen molar-refractivity contribution in [2.45, 2.75) is 25.5 Å². The van der Waals surface area contributed by atoms with Crippen LogP contribution in [0, 0.1) is 0 Å². The summed E-state index contributed by atoms with van der Waals surface area (Å²) < 4.78 is 7.56. The number of anilines is 1. The summed E-state index contributed by atoms with van der Waals surface area (Å²) in [5.74, 6) is 0.545. The molecule has 0 saturated carbocycles. The van der Waals surface area contributed by atoms with Crippen LogP contribution in [0.25, 0.3) is 16.7 Å². The van der Waals surface area contributed by atoms with Crippen LogP contribution in [0.5, 0.6) is 0 Å². The first-order valence-corrected chi connectivity index (χ1v) is 10.6. The number of nitrogens with zero attached hydrogens (tertiary/aromatic N) is 4. The molecule has 148 valence electrons. The lowest BCUT2D eigenvalue weighted by Gasteiger charge is -2.25. The average Bonchev–Trinajstić information content (AvgIpc) is 3.50. The van der Waals surface area contributed by atoms with Crippen molar-refractivity contribution in [3.8, 4) is 5.69 Å². The fourth-order valence-electron chi connectivity index (χ4n) is 3.67. The number of fused-ring (bicyclic) bond motifs is 1. The Morgan fingerprint density at radius 2 is 2.14 bits per heavy atom. The number of hydrogen-bond donors (Lipinski definition) is 1. The highest BCUT2D eigenvalue weighted by atomic mass is 32.1. The molecule has 0 spiro atoms. The highest BCUT2D eigenvalue weighted by Gasteiger charge is 2.22. The zero-order chi connectivity index (χ0) is 19.6. The molecule has 4 aromatic rings. The van der Waals surface area contributed by atoms with Crippen LogP contribution in [0.2, 0.25) is 0 Å². The van der Waals surface area contributed by atoms with E-state index in [2.05, 4.69) is 26.4 Å². The highest BCUT2D eigenvalue weighted by molar-refractivity contribution is 7.09. The number of rotatable bonds is 6. The van der Waals surface area contributed by atoms with Crippen molar-refractivity contribution < 1.29 is 4.74 Å². The lowest BCUT2D eigenvalue weighted by atomic mass is 10.2. The summed E-state index contributed by atoms with van der Waals surface area (Å²) in [4.78, 5) is 23.9. The maximum atomic E-state index is 12.8. The second kappa shape index (κ2) is 7.81. The molecular formula is C21H21N5O2S. The first kappa shape index (κ1) is 18.1. The van der Waals surface area contributed by atoms with E-state index in [4.69, 9.17) is 9.72 Å². The molecule has 0 radical (unpaired) electrons. The number of benzene rings is 1. The monoisotopic (exact) mass is 407 g/mol. The van der Waals surface area contributed by atoms with Gasteiger partial charge in [-0.3, -0.25) is 9.78 Å². The van der Waals surface area contributed by atoms with Crippen LogP contribution in [-0.4, -0.2) is 39.0 Å². The predicted molar refractivity (Wildman–Crippen MR) is 114 cm³/mol. The summed E-state index contributed by atoms with van der Waals surface area (Å²) in [7, 11) is 0. The molecule has 0 aliphatic carbocycles. The molecule has 1 aromatic carbocycles. The molecule has 5 rings (SSSR count). The smallest absolute Gasteiger partial charge is 0.263 e. The summed E-state index contributed by atoms with van der Waals surface area (Å²) in [5.41, 5.74) is 1.24. The van der Waals surface area contributed by atoms with Crippen molar-refractivity contribution in [2.24, 2.45) is 0 Å². The van der Waals surface area contributed by atoms with Gasteiger partial charge in [-0.1, -0.05) is 24.3 Å². The van der Waals surface area contributed by atoms with Crippen LogP contribution in [0.4, 0.5) is 5.95 Å². The summed E-state index contributed by atoms with van der Waals surface area (Å²) in [6.45, 7) is 2.15. The third kappa shape index (κ3) is 3.68. The van der Waals surface area contributed by atoms with Gasteiger partial charge >= 0.3 is 0 Å². The Balaban J connectivity index is 1.57. The van der Waals surface area contributed by atoms with Crippen molar-refractivity contribution in [1.29, 1.82) is 0 Å². The molecule has 1 saturated heterocycles. The van der Waals surface area contributed by atoms with Gasteiger partial charge < -0.3 is 9.64 Å². The van der Waals surface area contributed by atoms with Crippen LogP contribution in [-0.2, 0) is 11.3 Å². The van der Waals surface area contributed by atoms with E-state index in [1.165, 1.54) is 4.88 Å². The van der Waals surface area contributed by atoms with Gasteiger partial charge in [0.15, 0.2) is 5.65 Å². The average molecular weight is 407 g/mol. The third-order valence-corrected chi connectivity index (χ3v) is 5.96.